The van der Waals surface area contributed by atoms with Crippen molar-refractivity contribution in [2.45, 2.75) is 46.1 Å². The second-order valence-corrected chi connectivity index (χ2v) is 8.90. The minimum atomic E-state index is -0.221. The van der Waals surface area contributed by atoms with E-state index in [1.165, 1.54) is 13.4 Å². The largest absolute Gasteiger partial charge is 0.493 e. The molecular formula is C24H31ClN2O5. The van der Waals surface area contributed by atoms with Crippen molar-refractivity contribution in [1.82, 2.24) is 10.2 Å². The highest BCUT2D eigenvalue weighted by Crippen LogP contribution is 2.37. The summed E-state index contributed by atoms with van der Waals surface area (Å²) < 4.78 is 16.5. The fourth-order valence-corrected chi connectivity index (χ4v) is 3.91. The monoisotopic (exact) mass is 462 g/mol. The lowest BCUT2D eigenvalue weighted by molar-refractivity contribution is 0.0695. The molecule has 1 saturated heterocycles. The summed E-state index contributed by atoms with van der Waals surface area (Å²) >= 11 is 6.42. The maximum atomic E-state index is 13.1. The normalized spacial score (nSPS) is 14.5. The molecule has 7 nitrogen and oxygen atoms in total. The number of piperidine rings is 1. The summed E-state index contributed by atoms with van der Waals surface area (Å²) in [6.07, 6.45) is 3.73. The zero-order valence-electron chi connectivity index (χ0n) is 19.1. The molecule has 3 rings (SSSR count). The molecular weight excluding hydrogens is 432 g/mol. The zero-order valence-corrected chi connectivity index (χ0v) is 19.8. The van der Waals surface area contributed by atoms with Crippen molar-refractivity contribution in [2.24, 2.45) is 5.92 Å². The molecule has 0 radical (unpaired) electrons. The number of halogens is 1. The van der Waals surface area contributed by atoms with Gasteiger partial charge in [0.15, 0.2) is 17.3 Å². The standard InChI is InChI=1S/C24H31ClN2O5/c1-15(2)7-11-32-22-19(25)13-17(14-20(22)30-4)24(29)27-9-5-18(6-10-27)26-23(28)21-16(3)8-12-31-21/h8,12-15,18H,5-7,9-11H2,1-4H3,(H,26,28). The number of amides is 2. The first kappa shape index (κ1) is 24.0. The molecule has 2 amide bonds. The summed E-state index contributed by atoms with van der Waals surface area (Å²) in [5.41, 5.74) is 1.26. The van der Waals surface area contributed by atoms with E-state index in [1.54, 1.807) is 23.1 Å². The molecule has 1 aromatic heterocycles. The van der Waals surface area contributed by atoms with E-state index in [9.17, 15) is 9.59 Å². The molecule has 1 aliphatic heterocycles. The summed E-state index contributed by atoms with van der Waals surface area (Å²) in [6.45, 7) is 7.67. The molecule has 0 aliphatic carbocycles. The van der Waals surface area contributed by atoms with E-state index < -0.39 is 0 Å². The van der Waals surface area contributed by atoms with Crippen molar-refractivity contribution in [3.8, 4) is 11.5 Å². The smallest absolute Gasteiger partial charge is 0.287 e. The fraction of sp³-hybridized carbons (Fsp3) is 0.500. The molecule has 0 bridgehead atoms. The number of aryl methyl sites for hydroxylation is 1. The maximum absolute atomic E-state index is 13.1. The van der Waals surface area contributed by atoms with Gasteiger partial charge in [0.2, 0.25) is 0 Å². The first-order valence-corrected chi connectivity index (χ1v) is 11.3. The second-order valence-electron chi connectivity index (χ2n) is 8.49. The Morgan fingerprint density at radius 2 is 2.00 bits per heavy atom. The van der Waals surface area contributed by atoms with Crippen molar-refractivity contribution >= 4 is 23.4 Å². The van der Waals surface area contributed by atoms with Crippen LogP contribution in [0.2, 0.25) is 5.02 Å². The Bertz CT molecular complexity index is 948. The molecule has 174 valence electrons. The number of hydrogen-bond donors (Lipinski definition) is 1. The highest BCUT2D eigenvalue weighted by Gasteiger charge is 2.27. The van der Waals surface area contributed by atoms with E-state index in [0.717, 1.165) is 12.0 Å². The van der Waals surface area contributed by atoms with Gasteiger partial charge in [-0.25, -0.2) is 0 Å². The highest BCUT2D eigenvalue weighted by atomic mass is 35.5. The Kier molecular flexibility index (Phi) is 8.07. The predicted octanol–water partition coefficient (Wildman–Crippen LogP) is 4.71. The molecule has 2 aromatic rings. The number of nitrogens with zero attached hydrogens (tertiary/aromatic N) is 1. The number of ether oxygens (including phenoxy) is 2. The van der Waals surface area contributed by atoms with Crippen molar-refractivity contribution < 1.29 is 23.5 Å². The van der Waals surface area contributed by atoms with Crippen molar-refractivity contribution in [2.75, 3.05) is 26.8 Å². The number of likely N-dealkylation sites (tertiary alicyclic amines) is 1. The van der Waals surface area contributed by atoms with E-state index in [0.29, 0.717) is 66.3 Å². The lowest BCUT2D eigenvalue weighted by Gasteiger charge is -2.32. The van der Waals surface area contributed by atoms with Crippen LogP contribution >= 0.6 is 11.6 Å². The second kappa shape index (κ2) is 10.8. The SMILES string of the molecule is COc1cc(C(=O)N2CCC(NC(=O)c3occc3C)CC2)cc(Cl)c1OCCC(C)C. The van der Waals surface area contributed by atoms with Gasteiger partial charge in [0.1, 0.15) is 0 Å². The molecule has 0 atom stereocenters. The third-order valence-electron chi connectivity index (χ3n) is 5.60. The number of carbonyl (C=O) groups is 2. The van der Waals surface area contributed by atoms with Crippen LogP contribution in [0.4, 0.5) is 0 Å². The van der Waals surface area contributed by atoms with Gasteiger partial charge >= 0.3 is 0 Å². The Morgan fingerprint density at radius 1 is 1.28 bits per heavy atom. The predicted molar refractivity (Wildman–Crippen MR) is 123 cm³/mol. The quantitative estimate of drug-likeness (QED) is 0.614. The van der Waals surface area contributed by atoms with Crippen LogP contribution in [0.5, 0.6) is 11.5 Å². The van der Waals surface area contributed by atoms with Gasteiger partial charge in [-0.15, -0.1) is 0 Å². The third kappa shape index (κ3) is 5.76. The third-order valence-corrected chi connectivity index (χ3v) is 5.88. The minimum absolute atomic E-state index is 0.00842. The van der Waals surface area contributed by atoms with Gasteiger partial charge in [0, 0.05) is 30.3 Å². The Balaban J connectivity index is 1.60. The lowest BCUT2D eigenvalue weighted by atomic mass is 10.0. The summed E-state index contributed by atoms with van der Waals surface area (Å²) in [5, 5.41) is 3.35. The molecule has 1 aromatic carbocycles. The van der Waals surface area contributed by atoms with Crippen molar-refractivity contribution in [3.63, 3.8) is 0 Å². The molecule has 0 unspecified atom stereocenters. The zero-order chi connectivity index (χ0) is 23.3. The Hall–Kier alpha value is -2.67. The average Bonchev–Trinajstić information content (AvgIpc) is 3.20. The number of nitrogens with one attached hydrogen (secondary N) is 1. The Labute approximate surface area is 194 Å². The number of rotatable bonds is 8. The lowest BCUT2D eigenvalue weighted by Crippen LogP contribution is -2.46. The molecule has 32 heavy (non-hydrogen) atoms. The maximum Gasteiger partial charge on any atom is 0.287 e. The van der Waals surface area contributed by atoms with Gasteiger partial charge < -0.3 is 24.1 Å². The molecule has 1 aliphatic rings. The van der Waals surface area contributed by atoms with E-state index in [-0.39, 0.29) is 17.9 Å². The number of hydrogen-bond acceptors (Lipinski definition) is 5. The first-order valence-electron chi connectivity index (χ1n) is 10.9. The van der Waals surface area contributed by atoms with Crippen LogP contribution in [0.15, 0.2) is 28.9 Å². The summed E-state index contributed by atoms with van der Waals surface area (Å²) in [7, 11) is 1.53. The molecule has 1 fully saturated rings. The van der Waals surface area contributed by atoms with E-state index in [4.69, 9.17) is 25.5 Å². The summed E-state index contributed by atoms with van der Waals surface area (Å²) in [4.78, 5) is 27.2. The molecule has 1 N–H and O–H groups in total. The minimum Gasteiger partial charge on any atom is -0.493 e. The number of benzene rings is 1. The van der Waals surface area contributed by atoms with Gasteiger partial charge in [0.05, 0.1) is 25.0 Å². The van der Waals surface area contributed by atoms with Crippen molar-refractivity contribution in [1.29, 1.82) is 0 Å². The Morgan fingerprint density at radius 3 is 2.59 bits per heavy atom. The average molecular weight is 463 g/mol. The van der Waals surface area contributed by atoms with Crippen LogP contribution in [-0.2, 0) is 0 Å². The van der Waals surface area contributed by atoms with Gasteiger partial charge in [-0.1, -0.05) is 25.4 Å². The van der Waals surface area contributed by atoms with Crippen LogP contribution in [-0.4, -0.2) is 49.6 Å². The van der Waals surface area contributed by atoms with Gasteiger partial charge in [-0.2, -0.15) is 0 Å². The van der Waals surface area contributed by atoms with Crippen molar-refractivity contribution in [3.05, 3.63) is 46.4 Å². The van der Waals surface area contributed by atoms with Crippen LogP contribution < -0.4 is 14.8 Å². The van der Waals surface area contributed by atoms with E-state index in [1.807, 2.05) is 6.92 Å². The van der Waals surface area contributed by atoms with Crippen LogP contribution in [0.25, 0.3) is 0 Å². The van der Waals surface area contributed by atoms with E-state index >= 15 is 0 Å². The highest BCUT2D eigenvalue weighted by molar-refractivity contribution is 6.32. The topological polar surface area (TPSA) is 81.0 Å². The number of methoxy groups -OCH3 is 1. The molecule has 0 spiro atoms. The van der Waals surface area contributed by atoms with Crippen LogP contribution in [0, 0.1) is 12.8 Å². The van der Waals surface area contributed by atoms with E-state index in [2.05, 4.69) is 19.2 Å². The van der Waals surface area contributed by atoms with Crippen LogP contribution in [0.1, 0.15) is 59.6 Å². The first-order chi connectivity index (χ1) is 15.3. The molecule has 0 saturated carbocycles. The summed E-state index contributed by atoms with van der Waals surface area (Å²) in [6, 6.07) is 5.05. The van der Waals surface area contributed by atoms with Gasteiger partial charge in [0.25, 0.3) is 11.8 Å². The van der Waals surface area contributed by atoms with Gasteiger partial charge in [-0.05, 0) is 50.3 Å². The fourth-order valence-electron chi connectivity index (χ4n) is 3.65. The summed E-state index contributed by atoms with van der Waals surface area (Å²) in [5.74, 6) is 1.41. The van der Waals surface area contributed by atoms with Gasteiger partial charge in [-0.3, -0.25) is 9.59 Å². The molecule has 2 heterocycles. The number of carbonyl (C=O) groups excluding carboxylic acids is 2. The van der Waals surface area contributed by atoms with Crippen LogP contribution in [0.3, 0.4) is 0 Å². The number of furan rings is 1. The molecule has 8 heteroatoms.